The molecule has 0 saturated heterocycles. The summed E-state index contributed by atoms with van der Waals surface area (Å²) in [6.07, 6.45) is 0.207. The van der Waals surface area contributed by atoms with Gasteiger partial charge < -0.3 is 4.84 Å². The smallest absolute Gasteiger partial charge is 0.183 e. The molecule has 0 bridgehead atoms. The van der Waals surface area contributed by atoms with E-state index in [9.17, 15) is 8.60 Å². The van der Waals surface area contributed by atoms with E-state index in [4.69, 9.17) is 28.0 Å². The molecule has 0 saturated carbocycles. The van der Waals surface area contributed by atoms with Crippen molar-refractivity contribution in [1.29, 1.82) is 0 Å². The van der Waals surface area contributed by atoms with Crippen molar-refractivity contribution >= 4 is 39.7 Å². The van der Waals surface area contributed by atoms with Crippen LogP contribution in [0.25, 0.3) is 0 Å². The number of hydrogen-bond donors (Lipinski definition) is 0. The molecule has 0 N–H and O–H groups in total. The largest absolute Gasteiger partial charge is 0.385 e. The maximum absolute atomic E-state index is 14.0. The van der Waals surface area contributed by atoms with Gasteiger partial charge in [0.15, 0.2) is 5.60 Å². The number of nitrogens with zero attached hydrogens (tertiary/aromatic N) is 1. The van der Waals surface area contributed by atoms with Gasteiger partial charge in [0.1, 0.15) is 6.67 Å². The monoisotopic (exact) mass is 441 g/mol. The van der Waals surface area contributed by atoms with Crippen molar-refractivity contribution in [1.82, 2.24) is 0 Å². The minimum atomic E-state index is -1.41. The van der Waals surface area contributed by atoms with Gasteiger partial charge in [0.05, 0.1) is 22.3 Å². The third-order valence-corrected chi connectivity index (χ3v) is 7.84. The summed E-state index contributed by atoms with van der Waals surface area (Å²) in [6.45, 7) is 6.80. The van der Waals surface area contributed by atoms with E-state index in [2.05, 4.69) is 5.16 Å². The Labute approximate surface area is 177 Å². The molecule has 2 aromatic rings. The van der Waals surface area contributed by atoms with E-state index in [-0.39, 0.29) is 12.2 Å². The number of alkyl halides is 1. The highest BCUT2D eigenvalue weighted by Gasteiger charge is 2.43. The zero-order chi connectivity index (χ0) is 20.6. The first-order chi connectivity index (χ1) is 13.2. The molecule has 0 amide bonds. The number of hydrogen-bond acceptors (Lipinski definition) is 3. The van der Waals surface area contributed by atoms with Crippen LogP contribution in [0.1, 0.15) is 34.2 Å². The van der Waals surface area contributed by atoms with Gasteiger partial charge in [-0.25, -0.2) is 4.39 Å². The van der Waals surface area contributed by atoms with Gasteiger partial charge in [-0.3, -0.25) is 4.21 Å². The quantitative estimate of drug-likeness (QED) is 0.581. The predicted octanol–water partition coefficient (Wildman–Crippen LogP) is 5.87. The highest BCUT2D eigenvalue weighted by molar-refractivity contribution is 7.85. The van der Waals surface area contributed by atoms with Gasteiger partial charge >= 0.3 is 0 Å². The van der Waals surface area contributed by atoms with Crippen LogP contribution in [0.2, 0.25) is 10.0 Å². The van der Waals surface area contributed by atoms with Gasteiger partial charge in [0, 0.05) is 26.9 Å². The van der Waals surface area contributed by atoms with Crippen molar-refractivity contribution in [3.8, 4) is 0 Å². The Bertz CT molecular complexity index is 946. The van der Waals surface area contributed by atoms with Crippen LogP contribution in [-0.2, 0) is 15.6 Å². The third kappa shape index (κ3) is 3.85. The van der Waals surface area contributed by atoms with Gasteiger partial charge in [0.25, 0.3) is 0 Å². The van der Waals surface area contributed by atoms with Crippen molar-refractivity contribution < 1.29 is 13.4 Å². The average molecular weight is 442 g/mol. The molecule has 0 spiro atoms. The fourth-order valence-electron chi connectivity index (χ4n) is 3.45. The average Bonchev–Trinajstić information content (AvgIpc) is 3.09. The Kier molecular flexibility index (Phi) is 6.18. The van der Waals surface area contributed by atoms with E-state index in [1.54, 1.807) is 12.1 Å². The molecule has 3 nitrogen and oxygen atoms in total. The van der Waals surface area contributed by atoms with Gasteiger partial charge in [-0.1, -0.05) is 46.1 Å². The lowest BCUT2D eigenvalue weighted by atomic mass is 9.90. The zero-order valence-electron chi connectivity index (χ0n) is 16.2. The number of rotatable bonds is 5. The van der Waals surface area contributed by atoms with Crippen LogP contribution in [0.5, 0.6) is 0 Å². The van der Waals surface area contributed by atoms with Gasteiger partial charge in [-0.15, -0.1) is 0 Å². The Hall–Kier alpha value is -1.43. The predicted molar refractivity (Wildman–Crippen MR) is 114 cm³/mol. The van der Waals surface area contributed by atoms with Crippen LogP contribution in [0.15, 0.2) is 34.3 Å². The van der Waals surface area contributed by atoms with Gasteiger partial charge in [-0.2, -0.15) is 0 Å². The molecule has 1 unspecified atom stereocenters. The fourth-order valence-corrected chi connectivity index (χ4v) is 5.19. The van der Waals surface area contributed by atoms with Crippen molar-refractivity contribution in [3.63, 3.8) is 0 Å². The summed E-state index contributed by atoms with van der Waals surface area (Å²) in [5, 5.41) is 5.28. The molecule has 3 rings (SSSR count). The normalized spacial score (nSPS) is 20.0. The lowest BCUT2D eigenvalue weighted by molar-refractivity contribution is -0.0176. The Balaban J connectivity index is 1.88. The second-order valence-corrected chi connectivity index (χ2v) is 9.51. The van der Waals surface area contributed by atoms with Crippen LogP contribution in [0, 0.1) is 27.7 Å². The Morgan fingerprint density at radius 2 is 1.64 bits per heavy atom. The van der Waals surface area contributed by atoms with Crippen molar-refractivity contribution in [2.45, 2.75) is 44.6 Å². The Morgan fingerprint density at radius 1 is 1.07 bits per heavy atom. The lowest BCUT2D eigenvalue weighted by Crippen LogP contribution is -2.38. The first kappa shape index (κ1) is 21.3. The van der Waals surface area contributed by atoms with E-state index < -0.39 is 23.1 Å². The van der Waals surface area contributed by atoms with Crippen LogP contribution in [0.3, 0.4) is 0 Å². The number of oxime groups is 1. The molecule has 7 heteroatoms. The summed E-state index contributed by atoms with van der Waals surface area (Å²) in [5.74, 6) is 0.0188. The summed E-state index contributed by atoms with van der Waals surface area (Å²) in [4.78, 5) is 6.17. The van der Waals surface area contributed by atoms with Gasteiger partial charge in [0.2, 0.25) is 0 Å². The summed E-state index contributed by atoms with van der Waals surface area (Å²) in [7, 11) is -1.41. The summed E-state index contributed by atoms with van der Waals surface area (Å²) in [6, 6.07) is 7.36. The first-order valence-corrected chi connectivity index (χ1v) is 11.0. The molecule has 0 fully saturated rings. The second-order valence-electron chi connectivity index (χ2n) is 7.30. The first-order valence-electron chi connectivity index (χ1n) is 8.90. The van der Waals surface area contributed by atoms with Crippen molar-refractivity contribution in [2.75, 3.05) is 12.4 Å². The molecular weight excluding hydrogens is 420 g/mol. The maximum atomic E-state index is 14.0. The molecule has 1 heterocycles. The van der Waals surface area contributed by atoms with Crippen LogP contribution in [-0.4, -0.2) is 27.9 Å². The highest BCUT2D eigenvalue weighted by Crippen LogP contribution is 2.38. The molecule has 1 aliphatic heterocycles. The van der Waals surface area contributed by atoms with Crippen molar-refractivity contribution in [3.05, 3.63) is 62.1 Å². The third-order valence-electron chi connectivity index (χ3n) is 5.12. The standard InChI is InChI=1S/C21H22Cl2FNO2S/c1-12-5-7-16(8-6-12)28(26)11-21(10-24)9-17(25-27-21)18-13(2)19(22)15(4)20(23)14(18)3/h5-8H,9-11H2,1-4H3/t21?,28-/m1/s1. The molecule has 28 heavy (non-hydrogen) atoms. The van der Waals surface area contributed by atoms with Gasteiger partial charge in [-0.05, 0) is 56.5 Å². The minimum Gasteiger partial charge on any atom is -0.385 e. The molecule has 2 aromatic carbocycles. The summed E-state index contributed by atoms with van der Waals surface area (Å²) < 4.78 is 26.8. The van der Waals surface area contributed by atoms with Crippen LogP contribution < -0.4 is 0 Å². The second kappa shape index (κ2) is 8.13. The molecule has 0 aromatic heterocycles. The number of benzene rings is 2. The van der Waals surface area contributed by atoms with Crippen LogP contribution >= 0.6 is 23.2 Å². The molecule has 1 aliphatic rings. The highest BCUT2D eigenvalue weighted by atomic mass is 35.5. The van der Waals surface area contributed by atoms with Crippen LogP contribution in [0.4, 0.5) is 4.39 Å². The SMILES string of the molecule is Cc1ccc([S@](=O)CC2(CF)CC(c3c(C)c(Cl)c(C)c(Cl)c3C)=NO2)cc1. The zero-order valence-corrected chi connectivity index (χ0v) is 18.6. The molecule has 0 radical (unpaired) electrons. The van der Waals surface area contributed by atoms with E-state index in [0.717, 1.165) is 27.8 Å². The summed E-state index contributed by atoms with van der Waals surface area (Å²) >= 11 is 12.8. The van der Waals surface area contributed by atoms with E-state index in [1.165, 1.54) is 0 Å². The van der Waals surface area contributed by atoms with E-state index >= 15 is 0 Å². The number of halogens is 3. The fraction of sp³-hybridized carbons (Fsp3) is 0.381. The molecule has 0 aliphatic carbocycles. The molecule has 150 valence electrons. The lowest BCUT2D eigenvalue weighted by Gasteiger charge is -2.23. The maximum Gasteiger partial charge on any atom is 0.183 e. The topological polar surface area (TPSA) is 38.7 Å². The van der Waals surface area contributed by atoms with E-state index in [0.29, 0.717) is 20.7 Å². The van der Waals surface area contributed by atoms with E-state index in [1.807, 2.05) is 39.8 Å². The molecular formula is C21H22Cl2FNO2S. The Morgan fingerprint density at radius 3 is 2.18 bits per heavy atom. The number of aryl methyl sites for hydroxylation is 1. The molecule has 2 atom stereocenters. The van der Waals surface area contributed by atoms with Crippen molar-refractivity contribution in [2.24, 2.45) is 5.16 Å². The minimum absolute atomic E-state index is 0.0188. The summed E-state index contributed by atoms with van der Waals surface area (Å²) in [5.41, 5.74) is 3.64.